The number of rotatable bonds is 7. The van der Waals surface area contributed by atoms with E-state index in [1.165, 1.54) is 19.3 Å². The molecule has 1 N–H and O–H groups in total. The molecule has 0 rings (SSSR count). The summed E-state index contributed by atoms with van der Waals surface area (Å²) in [7, 11) is 0. The van der Waals surface area contributed by atoms with E-state index in [4.69, 9.17) is 5.11 Å². The first-order valence-corrected chi connectivity index (χ1v) is 6.20. The van der Waals surface area contributed by atoms with Crippen molar-refractivity contribution in [2.24, 2.45) is 11.3 Å². The second-order valence-electron chi connectivity index (χ2n) is 5.67. The molecule has 0 aromatic carbocycles. The Hall–Kier alpha value is -0.790. The van der Waals surface area contributed by atoms with Crippen molar-refractivity contribution in [1.29, 1.82) is 0 Å². The van der Waals surface area contributed by atoms with Crippen molar-refractivity contribution in [1.82, 2.24) is 0 Å². The zero-order valence-electron chi connectivity index (χ0n) is 11.2. The van der Waals surface area contributed by atoms with Crippen LogP contribution < -0.4 is 0 Å². The fourth-order valence-electron chi connectivity index (χ4n) is 1.87. The third-order valence-corrected chi connectivity index (χ3v) is 3.18. The Balaban J connectivity index is 4.33. The maximum atomic E-state index is 10.8. The molecule has 1 atom stereocenters. The number of unbranched alkanes of at least 4 members (excludes halogenated alkanes) is 2. The molecular formula is C14H26O2. The van der Waals surface area contributed by atoms with Gasteiger partial charge in [0.15, 0.2) is 0 Å². The molecular weight excluding hydrogens is 200 g/mol. The molecule has 0 bridgehead atoms. The number of hydrogen-bond acceptors (Lipinski definition) is 1. The highest BCUT2D eigenvalue weighted by Crippen LogP contribution is 2.34. The molecule has 0 aromatic heterocycles. The van der Waals surface area contributed by atoms with Crippen molar-refractivity contribution in [2.75, 3.05) is 0 Å². The van der Waals surface area contributed by atoms with Crippen molar-refractivity contribution in [3.63, 3.8) is 0 Å². The Bertz CT molecular complexity index is 236. The summed E-state index contributed by atoms with van der Waals surface area (Å²) in [6, 6.07) is 0. The van der Waals surface area contributed by atoms with Crippen LogP contribution in [0.5, 0.6) is 0 Å². The van der Waals surface area contributed by atoms with Crippen molar-refractivity contribution >= 4 is 5.97 Å². The average Bonchev–Trinajstić information content (AvgIpc) is 2.14. The monoisotopic (exact) mass is 226 g/mol. The van der Waals surface area contributed by atoms with Gasteiger partial charge < -0.3 is 5.11 Å². The van der Waals surface area contributed by atoms with Crippen molar-refractivity contribution in [3.05, 3.63) is 12.2 Å². The number of carboxylic acid groups (broad SMARTS) is 1. The highest BCUT2D eigenvalue weighted by molar-refractivity contribution is 5.85. The summed E-state index contributed by atoms with van der Waals surface area (Å²) in [6.45, 7) is 12.4. The van der Waals surface area contributed by atoms with Crippen LogP contribution in [0.2, 0.25) is 0 Å². The van der Waals surface area contributed by atoms with Crippen LogP contribution in [0.4, 0.5) is 0 Å². The molecule has 0 saturated heterocycles. The summed E-state index contributed by atoms with van der Waals surface area (Å²) >= 11 is 0. The smallest absolute Gasteiger partial charge is 0.330 e. The van der Waals surface area contributed by atoms with Crippen molar-refractivity contribution in [2.45, 2.75) is 59.8 Å². The van der Waals surface area contributed by atoms with Gasteiger partial charge in [0.05, 0.1) is 0 Å². The summed E-state index contributed by atoms with van der Waals surface area (Å²) in [4.78, 5) is 10.8. The van der Waals surface area contributed by atoms with Gasteiger partial charge in [-0.3, -0.25) is 0 Å². The molecule has 2 nitrogen and oxygen atoms in total. The molecule has 0 aliphatic rings. The summed E-state index contributed by atoms with van der Waals surface area (Å²) in [5, 5.41) is 8.87. The largest absolute Gasteiger partial charge is 0.478 e. The van der Waals surface area contributed by atoms with E-state index < -0.39 is 5.97 Å². The van der Waals surface area contributed by atoms with Crippen LogP contribution in [-0.4, -0.2) is 11.1 Å². The molecule has 0 saturated carbocycles. The quantitative estimate of drug-likeness (QED) is 0.520. The summed E-state index contributed by atoms with van der Waals surface area (Å²) < 4.78 is 0. The Morgan fingerprint density at radius 3 is 2.25 bits per heavy atom. The van der Waals surface area contributed by atoms with Gasteiger partial charge in [-0.2, -0.15) is 0 Å². The fourth-order valence-corrected chi connectivity index (χ4v) is 1.87. The van der Waals surface area contributed by atoms with Crippen LogP contribution in [0.25, 0.3) is 0 Å². The third kappa shape index (κ3) is 5.94. The highest BCUT2D eigenvalue weighted by Gasteiger charge is 2.25. The van der Waals surface area contributed by atoms with Gasteiger partial charge in [0.1, 0.15) is 0 Å². The molecule has 16 heavy (non-hydrogen) atoms. The zero-order valence-corrected chi connectivity index (χ0v) is 11.2. The maximum Gasteiger partial charge on any atom is 0.330 e. The molecule has 0 aliphatic heterocycles. The second kappa shape index (κ2) is 6.72. The molecule has 0 aliphatic carbocycles. The number of carbonyl (C=O) groups is 1. The van der Waals surface area contributed by atoms with Gasteiger partial charge in [-0.1, -0.05) is 53.5 Å². The number of carboxylic acids is 1. The number of aliphatic carboxylic acids is 1. The Kier molecular flexibility index (Phi) is 6.39. The van der Waals surface area contributed by atoms with Crippen molar-refractivity contribution < 1.29 is 9.90 Å². The normalized spacial score (nSPS) is 13.5. The summed E-state index contributed by atoms with van der Waals surface area (Å²) in [5.41, 5.74) is 0.503. The van der Waals surface area contributed by atoms with Crippen LogP contribution >= 0.6 is 0 Å². The predicted molar refractivity (Wildman–Crippen MR) is 68.5 cm³/mol. The van der Waals surface area contributed by atoms with Crippen LogP contribution in [-0.2, 0) is 4.79 Å². The van der Waals surface area contributed by atoms with E-state index in [1.54, 1.807) is 0 Å². The molecule has 2 heteroatoms. The summed E-state index contributed by atoms with van der Waals surface area (Å²) in [5.74, 6) is -0.438. The Labute approximate surface area is 99.7 Å². The number of hydrogen-bond donors (Lipinski definition) is 1. The lowest BCUT2D eigenvalue weighted by Crippen LogP contribution is -2.22. The second-order valence-corrected chi connectivity index (χ2v) is 5.67. The highest BCUT2D eigenvalue weighted by atomic mass is 16.4. The Morgan fingerprint density at radius 2 is 1.88 bits per heavy atom. The van der Waals surface area contributed by atoms with Crippen LogP contribution in [0.1, 0.15) is 59.8 Å². The lowest BCUT2D eigenvalue weighted by Gasteiger charge is -2.31. The first-order chi connectivity index (χ1) is 7.29. The third-order valence-electron chi connectivity index (χ3n) is 3.18. The zero-order chi connectivity index (χ0) is 12.8. The minimum Gasteiger partial charge on any atom is -0.478 e. The van der Waals surface area contributed by atoms with Gasteiger partial charge in [0.25, 0.3) is 0 Å². The SMILES string of the molecule is C=C(CC(CCCCC)C(C)(C)C)C(=O)O. The molecule has 1 unspecified atom stereocenters. The Morgan fingerprint density at radius 1 is 1.31 bits per heavy atom. The van der Waals surface area contributed by atoms with E-state index in [0.717, 1.165) is 6.42 Å². The van der Waals surface area contributed by atoms with Crippen LogP contribution in [0.3, 0.4) is 0 Å². The standard InChI is InChI=1S/C14H26O2/c1-6-7-8-9-12(14(3,4)5)10-11(2)13(15)16/h12H,2,6-10H2,1,3-5H3,(H,15,16). The van der Waals surface area contributed by atoms with Crippen LogP contribution in [0.15, 0.2) is 12.2 Å². The van der Waals surface area contributed by atoms with Gasteiger partial charge in [-0.05, 0) is 24.2 Å². The predicted octanol–water partition coefficient (Wildman–Crippen LogP) is 4.26. The van der Waals surface area contributed by atoms with Gasteiger partial charge in [0.2, 0.25) is 0 Å². The van der Waals surface area contributed by atoms with Gasteiger partial charge in [0, 0.05) is 5.57 Å². The maximum absolute atomic E-state index is 10.8. The average molecular weight is 226 g/mol. The lowest BCUT2D eigenvalue weighted by molar-refractivity contribution is -0.133. The first-order valence-electron chi connectivity index (χ1n) is 6.20. The van der Waals surface area contributed by atoms with E-state index in [0.29, 0.717) is 17.9 Å². The van der Waals surface area contributed by atoms with E-state index in [-0.39, 0.29) is 5.41 Å². The van der Waals surface area contributed by atoms with E-state index in [2.05, 4.69) is 34.3 Å². The molecule has 0 aromatic rings. The topological polar surface area (TPSA) is 37.3 Å². The van der Waals surface area contributed by atoms with Crippen LogP contribution in [0, 0.1) is 11.3 Å². The van der Waals surface area contributed by atoms with E-state index >= 15 is 0 Å². The van der Waals surface area contributed by atoms with E-state index in [9.17, 15) is 4.79 Å². The lowest BCUT2D eigenvalue weighted by atomic mass is 9.74. The minimum absolute atomic E-state index is 0.159. The van der Waals surface area contributed by atoms with Gasteiger partial charge >= 0.3 is 5.97 Å². The fraction of sp³-hybridized carbons (Fsp3) is 0.786. The minimum atomic E-state index is -0.857. The van der Waals surface area contributed by atoms with Gasteiger partial charge in [-0.15, -0.1) is 0 Å². The molecule has 0 fully saturated rings. The van der Waals surface area contributed by atoms with Crippen molar-refractivity contribution in [3.8, 4) is 0 Å². The van der Waals surface area contributed by atoms with Gasteiger partial charge in [-0.25, -0.2) is 4.79 Å². The molecule has 94 valence electrons. The molecule has 0 amide bonds. The summed E-state index contributed by atoms with van der Waals surface area (Å²) in [6.07, 6.45) is 5.33. The van der Waals surface area contributed by atoms with E-state index in [1.807, 2.05) is 0 Å². The first kappa shape index (κ1) is 15.2. The molecule has 0 radical (unpaired) electrons. The molecule has 0 heterocycles. The molecule has 0 spiro atoms.